The minimum absolute atomic E-state index is 0.167. The number of hydrogen-bond acceptors (Lipinski definition) is 5. The molecule has 6 heteroatoms. The smallest absolute Gasteiger partial charge is 0.257 e. The summed E-state index contributed by atoms with van der Waals surface area (Å²) in [7, 11) is 0. The molecule has 2 aromatic heterocycles. The molecule has 3 rings (SSSR count). The van der Waals surface area contributed by atoms with Gasteiger partial charge >= 0.3 is 0 Å². The van der Waals surface area contributed by atoms with E-state index in [0.29, 0.717) is 23.6 Å². The normalized spacial score (nSPS) is 14.4. The Morgan fingerprint density at radius 3 is 2.68 bits per heavy atom. The summed E-state index contributed by atoms with van der Waals surface area (Å²) in [5.74, 6) is 1.38. The van der Waals surface area contributed by atoms with Crippen LogP contribution in [-0.4, -0.2) is 29.1 Å². The lowest BCUT2D eigenvalue weighted by atomic mass is 10.2. The average molecular weight is 300 g/mol. The Kier molecular flexibility index (Phi) is 4.09. The minimum atomic E-state index is -0.167. The summed E-state index contributed by atoms with van der Waals surface area (Å²) in [4.78, 5) is 18.9. The predicted molar refractivity (Wildman–Crippen MR) is 82.8 cm³/mol. The van der Waals surface area contributed by atoms with E-state index < -0.39 is 0 Å². The van der Waals surface area contributed by atoms with Crippen molar-refractivity contribution in [3.63, 3.8) is 0 Å². The van der Waals surface area contributed by atoms with E-state index in [4.69, 9.17) is 4.52 Å². The summed E-state index contributed by atoms with van der Waals surface area (Å²) in [6.07, 6.45) is 4.29. The molecule has 1 saturated heterocycles. The van der Waals surface area contributed by atoms with Gasteiger partial charge in [0, 0.05) is 25.8 Å². The molecule has 22 heavy (non-hydrogen) atoms. The molecular weight excluding hydrogens is 280 g/mol. The Morgan fingerprint density at radius 2 is 2.09 bits per heavy atom. The average Bonchev–Trinajstić information content (AvgIpc) is 3.16. The summed E-state index contributed by atoms with van der Waals surface area (Å²) in [5.41, 5.74) is 2.10. The molecular formula is C16H20N4O2. The van der Waals surface area contributed by atoms with Crippen LogP contribution in [-0.2, 0) is 6.54 Å². The van der Waals surface area contributed by atoms with Crippen LogP contribution < -0.4 is 10.2 Å². The molecule has 3 heterocycles. The third-order valence-electron chi connectivity index (χ3n) is 3.95. The highest BCUT2D eigenvalue weighted by molar-refractivity contribution is 5.96. The predicted octanol–water partition coefficient (Wildman–Crippen LogP) is 2.22. The van der Waals surface area contributed by atoms with Crippen LogP contribution in [0, 0.1) is 13.8 Å². The summed E-state index contributed by atoms with van der Waals surface area (Å²) < 4.78 is 5.01. The first-order valence-electron chi connectivity index (χ1n) is 7.56. The molecule has 1 amide bonds. The van der Waals surface area contributed by atoms with Gasteiger partial charge in [0.05, 0.1) is 5.69 Å². The molecule has 0 spiro atoms. The number of aromatic nitrogens is 2. The zero-order valence-corrected chi connectivity index (χ0v) is 12.9. The molecule has 0 bridgehead atoms. The van der Waals surface area contributed by atoms with Crippen LogP contribution in [0.4, 0.5) is 5.82 Å². The number of rotatable bonds is 4. The van der Waals surface area contributed by atoms with Gasteiger partial charge in [-0.1, -0.05) is 11.2 Å². The highest BCUT2D eigenvalue weighted by Crippen LogP contribution is 2.17. The molecule has 2 aromatic rings. The molecule has 0 aliphatic carbocycles. The van der Waals surface area contributed by atoms with Crippen LogP contribution in [0.1, 0.15) is 40.2 Å². The number of amides is 1. The topological polar surface area (TPSA) is 71.3 Å². The Hall–Kier alpha value is -2.37. The summed E-state index contributed by atoms with van der Waals surface area (Å²) in [5, 5.41) is 6.67. The van der Waals surface area contributed by atoms with E-state index in [1.807, 2.05) is 18.3 Å². The van der Waals surface area contributed by atoms with Crippen molar-refractivity contribution >= 4 is 11.7 Å². The van der Waals surface area contributed by atoms with Crippen LogP contribution in [0.25, 0.3) is 0 Å². The fourth-order valence-corrected chi connectivity index (χ4v) is 2.73. The van der Waals surface area contributed by atoms with Crippen LogP contribution >= 0.6 is 0 Å². The Labute approximate surface area is 129 Å². The van der Waals surface area contributed by atoms with E-state index in [9.17, 15) is 4.79 Å². The van der Waals surface area contributed by atoms with Crippen molar-refractivity contribution in [2.45, 2.75) is 33.2 Å². The van der Waals surface area contributed by atoms with Gasteiger partial charge in [-0.2, -0.15) is 0 Å². The number of carbonyl (C=O) groups is 1. The van der Waals surface area contributed by atoms with Gasteiger partial charge in [-0.15, -0.1) is 0 Å². The molecule has 1 aliphatic rings. The highest BCUT2D eigenvalue weighted by Gasteiger charge is 2.17. The molecule has 6 nitrogen and oxygen atoms in total. The van der Waals surface area contributed by atoms with Crippen molar-refractivity contribution < 1.29 is 9.32 Å². The van der Waals surface area contributed by atoms with Gasteiger partial charge in [0.15, 0.2) is 0 Å². The van der Waals surface area contributed by atoms with E-state index in [0.717, 1.165) is 24.5 Å². The lowest BCUT2D eigenvalue weighted by Crippen LogP contribution is -2.24. The van der Waals surface area contributed by atoms with Crippen molar-refractivity contribution in [2.24, 2.45) is 0 Å². The number of nitrogens with zero attached hydrogens (tertiary/aromatic N) is 3. The maximum absolute atomic E-state index is 12.2. The number of carbonyl (C=O) groups excluding carboxylic acids is 1. The minimum Gasteiger partial charge on any atom is -0.361 e. The van der Waals surface area contributed by atoms with Crippen molar-refractivity contribution in [1.82, 2.24) is 15.5 Å². The fraction of sp³-hybridized carbons (Fsp3) is 0.438. The van der Waals surface area contributed by atoms with Crippen molar-refractivity contribution in [3.05, 3.63) is 40.9 Å². The monoisotopic (exact) mass is 300 g/mol. The molecule has 0 aromatic carbocycles. The van der Waals surface area contributed by atoms with E-state index >= 15 is 0 Å². The standard InChI is InChI=1S/C16H20N4O2/c1-11-15(12(2)22-19-11)16(21)18-10-13-5-6-14(17-9-13)20-7-3-4-8-20/h5-6,9H,3-4,7-8,10H2,1-2H3,(H,18,21). The molecule has 1 N–H and O–H groups in total. The second-order valence-electron chi connectivity index (χ2n) is 5.60. The molecule has 0 radical (unpaired) electrons. The van der Waals surface area contributed by atoms with Crippen LogP contribution in [0.5, 0.6) is 0 Å². The van der Waals surface area contributed by atoms with Gasteiger partial charge in [-0.25, -0.2) is 4.98 Å². The first-order chi connectivity index (χ1) is 10.6. The lowest BCUT2D eigenvalue weighted by molar-refractivity contribution is 0.0949. The summed E-state index contributed by atoms with van der Waals surface area (Å²) in [6.45, 7) is 6.10. The van der Waals surface area contributed by atoms with Crippen molar-refractivity contribution in [1.29, 1.82) is 0 Å². The lowest BCUT2D eigenvalue weighted by Gasteiger charge is -2.16. The van der Waals surface area contributed by atoms with E-state index in [2.05, 4.69) is 20.4 Å². The maximum atomic E-state index is 12.2. The maximum Gasteiger partial charge on any atom is 0.257 e. The van der Waals surface area contributed by atoms with Gasteiger partial charge in [0.2, 0.25) is 0 Å². The molecule has 1 aliphatic heterocycles. The van der Waals surface area contributed by atoms with Gasteiger partial charge in [0.25, 0.3) is 5.91 Å². The zero-order valence-electron chi connectivity index (χ0n) is 12.9. The zero-order chi connectivity index (χ0) is 15.5. The highest BCUT2D eigenvalue weighted by atomic mass is 16.5. The van der Waals surface area contributed by atoms with Gasteiger partial charge in [-0.05, 0) is 38.3 Å². The molecule has 0 atom stereocenters. The van der Waals surface area contributed by atoms with E-state index in [1.165, 1.54) is 12.8 Å². The Balaban J connectivity index is 1.60. The molecule has 1 fully saturated rings. The van der Waals surface area contributed by atoms with Crippen molar-refractivity contribution in [3.8, 4) is 0 Å². The largest absolute Gasteiger partial charge is 0.361 e. The van der Waals surface area contributed by atoms with E-state index in [-0.39, 0.29) is 5.91 Å². The second kappa shape index (κ2) is 6.17. The molecule has 116 valence electrons. The first kappa shape index (κ1) is 14.6. The Morgan fingerprint density at radius 1 is 1.32 bits per heavy atom. The summed E-state index contributed by atoms with van der Waals surface area (Å²) >= 11 is 0. The van der Waals surface area contributed by atoms with Crippen LogP contribution in [0.15, 0.2) is 22.9 Å². The first-order valence-corrected chi connectivity index (χ1v) is 7.56. The van der Waals surface area contributed by atoms with E-state index in [1.54, 1.807) is 13.8 Å². The summed E-state index contributed by atoms with van der Waals surface area (Å²) in [6, 6.07) is 4.02. The number of nitrogens with one attached hydrogen (secondary N) is 1. The number of pyridine rings is 1. The van der Waals surface area contributed by atoms with Gasteiger partial charge in [0.1, 0.15) is 17.1 Å². The van der Waals surface area contributed by atoms with Crippen molar-refractivity contribution in [2.75, 3.05) is 18.0 Å². The van der Waals surface area contributed by atoms with Crippen LogP contribution in [0.3, 0.4) is 0 Å². The molecule has 0 saturated carbocycles. The van der Waals surface area contributed by atoms with Gasteiger partial charge in [-0.3, -0.25) is 4.79 Å². The third kappa shape index (κ3) is 2.95. The second-order valence-corrected chi connectivity index (χ2v) is 5.60. The van der Waals surface area contributed by atoms with Crippen LogP contribution in [0.2, 0.25) is 0 Å². The third-order valence-corrected chi connectivity index (χ3v) is 3.95. The SMILES string of the molecule is Cc1noc(C)c1C(=O)NCc1ccc(N2CCCC2)nc1. The quantitative estimate of drug-likeness (QED) is 0.937. The number of aryl methyl sites for hydroxylation is 2. The van der Waals surface area contributed by atoms with Gasteiger partial charge < -0.3 is 14.7 Å². The number of anilines is 1. The fourth-order valence-electron chi connectivity index (χ4n) is 2.73. The number of hydrogen-bond donors (Lipinski definition) is 1. The molecule has 0 unspecified atom stereocenters. The Bertz CT molecular complexity index is 638.